The number of nitrogens with zero attached hydrogens (tertiary/aromatic N) is 3. The predicted octanol–water partition coefficient (Wildman–Crippen LogP) is -0.146. The van der Waals surface area contributed by atoms with Crippen molar-refractivity contribution in [3.63, 3.8) is 0 Å². The number of aliphatic hydroxyl groups is 1. The number of hydrogen-bond acceptors (Lipinski definition) is 3. The molecule has 0 aromatic carbocycles. The van der Waals surface area contributed by atoms with E-state index in [9.17, 15) is 4.79 Å². The van der Waals surface area contributed by atoms with Gasteiger partial charge < -0.3 is 10.0 Å². The first-order valence-electron chi connectivity index (χ1n) is 4.98. The lowest BCUT2D eigenvalue weighted by molar-refractivity contribution is 0.00578. The highest BCUT2D eigenvalue weighted by atomic mass is 16.3. The van der Waals surface area contributed by atoms with Crippen LogP contribution in [0.25, 0.3) is 0 Å². The summed E-state index contributed by atoms with van der Waals surface area (Å²) < 4.78 is 1.71. The van der Waals surface area contributed by atoms with E-state index in [0.29, 0.717) is 18.7 Å². The molecule has 2 rings (SSSR count). The van der Waals surface area contributed by atoms with Crippen molar-refractivity contribution >= 4 is 5.91 Å². The van der Waals surface area contributed by atoms with Crippen molar-refractivity contribution in [1.29, 1.82) is 0 Å². The summed E-state index contributed by atoms with van der Waals surface area (Å²) in [5, 5.41) is 13.3. The van der Waals surface area contributed by atoms with Crippen LogP contribution in [0.2, 0.25) is 0 Å². The Morgan fingerprint density at radius 3 is 2.47 bits per heavy atom. The standard InChI is InChI=1S/C10H15N3O2/c1-6-9(7(2)12(3)11-6)10(15)13-4-8(14)5-13/h8,14H,4-5H2,1-3H3. The highest BCUT2D eigenvalue weighted by Crippen LogP contribution is 2.18. The molecule has 1 fully saturated rings. The van der Waals surface area contributed by atoms with Crippen LogP contribution in [0.15, 0.2) is 0 Å². The summed E-state index contributed by atoms with van der Waals surface area (Å²) in [6, 6.07) is 0. The van der Waals surface area contributed by atoms with E-state index in [4.69, 9.17) is 5.11 Å². The number of β-amino-alcohol motifs (C(OH)–C–C–N with tert-alkyl or cyclic N) is 1. The summed E-state index contributed by atoms with van der Waals surface area (Å²) in [4.78, 5) is 13.6. The maximum absolute atomic E-state index is 12.0. The summed E-state index contributed by atoms with van der Waals surface area (Å²) in [6.07, 6.45) is -0.355. The Kier molecular flexibility index (Phi) is 2.26. The lowest BCUT2D eigenvalue weighted by Crippen LogP contribution is -2.53. The third kappa shape index (κ3) is 1.52. The number of carbonyl (C=O) groups is 1. The molecule has 0 aliphatic carbocycles. The second-order valence-electron chi connectivity index (χ2n) is 4.03. The zero-order chi connectivity index (χ0) is 11.2. The molecule has 1 aromatic heterocycles. The van der Waals surface area contributed by atoms with Crippen LogP contribution in [0.3, 0.4) is 0 Å². The fourth-order valence-corrected chi connectivity index (χ4v) is 1.86. The van der Waals surface area contributed by atoms with Gasteiger partial charge in [0.15, 0.2) is 0 Å². The zero-order valence-electron chi connectivity index (χ0n) is 9.19. The van der Waals surface area contributed by atoms with Gasteiger partial charge in [-0.05, 0) is 13.8 Å². The van der Waals surface area contributed by atoms with E-state index in [1.165, 1.54) is 0 Å². The summed E-state index contributed by atoms with van der Waals surface area (Å²) in [7, 11) is 1.82. The van der Waals surface area contributed by atoms with Crippen LogP contribution < -0.4 is 0 Å². The first kappa shape index (κ1) is 10.2. The van der Waals surface area contributed by atoms with Crippen LogP contribution in [0.5, 0.6) is 0 Å². The van der Waals surface area contributed by atoms with Gasteiger partial charge in [0, 0.05) is 25.8 Å². The van der Waals surface area contributed by atoms with Gasteiger partial charge in [0.25, 0.3) is 5.91 Å². The molecule has 1 amide bonds. The lowest BCUT2D eigenvalue weighted by atomic mass is 10.1. The minimum atomic E-state index is -0.355. The van der Waals surface area contributed by atoms with Crippen LogP contribution in [0, 0.1) is 13.8 Å². The minimum absolute atomic E-state index is 0.0246. The van der Waals surface area contributed by atoms with Crippen LogP contribution in [0.4, 0.5) is 0 Å². The minimum Gasteiger partial charge on any atom is -0.389 e. The van der Waals surface area contributed by atoms with E-state index in [1.54, 1.807) is 9.58 Å². The van der Waals surface area contributed by atoms with Gasteiger partial charge in [-0.15, -0.1) is 0 Å². The van der Waals surface area contributed by atoms with Gasteiger partial charge in [0.05, 0.1) is 17.4 Å². The van der Waals surface area contributed by atoms with Crippen molar-refractivity contribution in [2.75, 3.05) is 13.1 Å². The Morgan fingerprint density at radius 2 is 2.07 bits per heavy atom. The van der Waals surface area contributed by atoms with Gasteiger partial charge in [-0.25, -0.2) is 0 Å². The van der Waals surface area contributed by atoms with Crippen LogP contribution in [-0.2, 0) is 7.05 Å². The Bertz CT molecular complexity index is 405. The summed E-state index contributed by atoms with van der Waals surface area (Å²) in [5.74, 6) is -0.0246. The molecule has 1 aliphatic heterocycles. The number of aliphatic hydroxyl groups excluding tert-OH is 1. The van der Waals surface area contributed by atoms with Crippen molar-refractivity contribution < 1.29 is 9.90 Å². The van der Waals surface area contributed by atoms with E-state index in [-0.39, 0.29) is 12.0 Å². The summed E-state index contributed by atoms with van der Waals surface area (Å²) in [6.45, 7) is 4.58. The Balaban J connectivity index is 2.26. The fourth-order valence-electron chi connectivity index (χ4n) is 1.86. The quantitative estimate of drug-likeness (QED) is 0.700. The van der Waals surface area contributed by atoms with Crippen molar-refractivity contribution in [3.8, 4) is 0 Å². The largest absolute Gasteiger partial charge is 0.389 e. The molecule has 0 radical (unpaired) electrons. The van der Waals surface area contributed by atoms with Gasteiger partial charge in [0.2, 0.25) is 0 Å². The van der Waals surface area contributed by atoms with Gasteiger partial charge in [-0.1, -0.05) is 0 Å². The number of likely N-dealkylation sites (tertiary alicyclic amines) is 1. The van der Waals surface area contributed by atoms with Gasteiger partial charge >= 0.3 is 0 Å². The number of aromatic nitrogens is 2. The van der Waals surface area contributed by atoms with Crippen LogP contribution >= 0.6 is 0 Å². The maximum Gasteiger partial charge on any atom is 0.257 e. The van der Waals surface area contributed by atoms with Crippen molar-refractivity contribution in [1.82, 2.24) is 14.7 Å². The van der Waals surface area contributed by atoms with Crippen molar-refractivity contribution in [3.05, 3.63) is 17.0 Å². The van der Waals surface area contributed by atoms with E-state index < -0.39 is 0 Å². The fraction of sp³-hybridized carbons (Fsp3) is 0.600. The average molecular weight is 209 g/mol. The number of aryl methyl sites for hydroxylation is 2. The number of amides is 1. The molecule has 1 saturated heterocycles. The molecule has 1 aromatic rings. The summed E-state index contributed by atoms with van der Waals surface area (Å²) >= 11 is 0. The highest BCUT2D eigenvalue weighted by molar-refractivity contribution is 5.96. The third-order valence-corrected chi connectivity index (χ3v) is 2.87. The average Bonchev–Trinajstić information content (AvgIpc) is 2.35. The van der Waals surface area contributed by atoms with Gasteiger partial charge in [0.1, 0.15) is 0 Å². The topological polar surface area (TPSA) is 58.4 Å². The first-order valence-corrected chi connectivity index (χ1v) is 4.98. The Labute approximate surface area is 88.3 Å². The third-order valence-electron chi connectivity index (χ3n) is 2.87. The molecule has 5 heteroatoms. The first-order chi connectivity index (χ1) is 7.00. The Morgan fingerprint density at radius 1 is 1.47 bits per heavy atom. The summed E-state index contributed by atoms with van der Waals surface area (Å²) in [5.41, 5.74) is 2.30. The molecule has 0 atom stereocenters. The molecular formula is C10H15N3O2. The second kappa shape index (κ2) is 3.34. The molecule has 0 saturated carbocycles. The molecule has 0 spiro atoms. The molecular weight excluding hydrogens is 194 g/mol. The zero-order valence-corrected chi connectivity index (χ0v) is 9.19. The van der Waals surface area contributed by atoms with Crippen LogP contribution in [-0.4, -0.2) is 44.9 Å². The molecule has 2 heterocycles. The van der Waals surface area contributed by atoms with Crippen molar-refractivity contribution in [2.24, 2.45) is 7.05 Å². The second-order valence-corrected chi connectivity index (χ2v) is 4.03. The number of hydrogen-bond donors (Lipinski definition) is 1. The smallest absolute Gasteiger partial charge is 0.257 e. The molecule has 5 nitrogen and oxygen atoms in total. The molecule has 0 bridgehead atoms. The molecule has 0 unspecified atom stereocenters. The monoisotopic (exact) mass is 209 g/mol. The van der Waals surface area contributed by atoms with E-state index >= 15 is 0 Å². The van der Waals surface area contributed by atoms with Crippen molar-refractivity contribution in [2.45, 2.75) is 20.0 Å². The molecule has 82 valence electrons. The number of carbonyl (C=O) groups excluding carboxylic acids is 1. The van der Waals surface area contributed by atoms with Gasteiger partial charge in [-0.3, -0.25) is 9.48 Å². The molecule has 1 N–H and O–H groups in total. The van der Waals surface area contributed by atoms with Gasteiger partial charge in [-0.2, -0.15) is 5.10 Å². The molecule has 1 aliphatic rings. The predicted molar refractivity (Wildman–Crippen MR) is 54.6 cm³/mol. The SMILES string of the molecule is Cc1nn(C)c(C)c1C(=O)N1CC(O)C1. The maximum atomic E-state index is 12.0. The normalized spacial score (nSPS) is 16.7. The lowest BCUT2D eigenvalue weighted by Gasteiger charge is -2.35. The Hall–Kier alpha value is -1.36. The number of rotatable bonds is 1. The van der Waals surface area contributed by atoms with E-state index in [2.05, 4.69) is 5.10 Å². The molecule has 15 heavy (non-hydrogen) atoms. The highest BCUT2D eigenvalue weighted by Gasteiger charge is 2.32. The van der Waals surface area contributed by atoms with E-state index in [1.807, 2.05) is 20.9 Å². The van der Waals surface area contributed by atoms with Crippen LogP contribution in [0.1, 0.15) is 21.7 Å². The van der Waals surface area contributed by atoms with E-state index in [0.717, 1.165) is 11.4 Å².